The lowest BCUT2D eigenvalue weighted by molar-refractivity contribution is -0.167. The maximum absolute atomic E-state index is 12.8. The van der Waals surface area contributed by atoms with Crippen molar-refractivity contribution in [3.05, 3.63) is 60.8 Å². The molecule has 6 heteroatoms. The third kappa shape index (κ3) is 53.9. The fourth-order valence-electron chi connectivity index (χ4n) is 8.13. The van der Waals surface area contributed by atoms with Crippen molar-refractivity contribution in [2.75, 3.05) is 13.2 Å². The van der Waals surface area contributed by atoms with Gasteiger partial charge in [0.25, 0.3) is 0 Å². The number of rotatable bonds is 52. The molecule has 0 fully saturated rings. The molecule has 0 rings (SSSR count). The molecule has 0 aliphatic carbocycles. The Kier molecular flexibility index (Phi) is 53.3. The van der Waals surface area contributed by atoms with Crippen molar-refractivity contribution >= 4 is 17.9 Å². The number of hydrogen-bond acceptors (Lipinski definition) is 6. The lowest BCUT2D eigenvalue weighted by Crippen LogP contribution is -2.30. The van der Waals surface area contributed by atoms with E-state index in [2.05, 4.69) is 81.5 Å². The fraction of sp³-hybridized carbons (Fsp3) is 0.787. The Morgan fingerprint density at radius 3 is 0.851 bits per heavy atom. The first-order chi connectivity index (χ1) is 33.0. The molecule has 0 aliphatic rings. The smallest absolute Gasteiger partial charge is 0.306 e. The highest BCUT2D eigenvalue weighted by Crippen LogP contribution is 2.15. The molecule has 0 amide bonds. The molecule has 0 aliphatic heterocycles. The van der Waals surface area contributed by atoms with Crippen LogP contribution in [-0.4, -0.2) is 37.2 Å². The predicted molar refractivity (Wildman–Crippen MR) is 288 cm³/mol. The molecule has 1 atom stereocenters. The van der Waals surface area contributed by atoms with E-state index in [1.807, 2.05) is 0 Å². The molecule has 388 valence electrons. The second-order valence-electron chi connectivity index (χ2n) is 19.2. The highest BCUT2D eigenvalue weighted by atomic mass is 16.6. The van der Waals surface area contributed by atoms with Crippen molar-refractivity contribution in [3.63, 3.8) is 0 Å². The van der Waals surface area contributed by atoms with Crippen LogP contribution in [0.5, 0.6) is 0 Å². The summed E-state index contributed by atoms with van der Waals surface area (Å²) in [6.07, 6.45) is 69.6. The lowest BCUT2D eigenvalue weighted by Gasteiger charge is -2.18. The zero-order chi connectivity index (χ0) is 48.6. The summed E-state index contributed by atoms with van der Waals surface area (Å²) in [6.45, 7) is 6.55. The minimum atomic E-state index is -0.778. The van der Waals surface area contributed by atoms with Gasteiger partial charge in [0.05, 0.1) is 0 Å². The first kappa shape index (κ1) is 64.1. The van der Waals surface area contributed by atoms with Gasteiger partial charge in [0.1, 0.15) is 13.2 Å². The molecule has 0 aromatic carbocycles. The van der Waals surface area contributed by atoms with E-state index in [4.69, 9.17) is 14.2 Å². The maximum Gasteiger partial charge on any atom is 0.306 e. The van der Waals surface area contributed by atoms with Crippen LogP contribution in [0.2, 0.25) is 0 Å². The average molecular weight is 938 g/mol. The van der Waals surface area contributed by atoms with Gasteiger partial charge in [-0.05, 0) is 89.9 Å². The Bertz CT molecular complexity index is 1210. The van der Waals surface area contributed by atoms with E-state index < -0.39 is 6.10 Å². The van der Waals surface area contributed by atoms with Gasteiger partial charge in [-0.1, -0.05) is 242 Å². The van der Waals surface area contributed by atoms with Crippen molar-refractivity contribution in [3.8, 4) is 0 Å². The summed E-state index contributed by atoms with van der Waals surface area (Å²) in [6, 6.07) is 0. The summed E-state index contributed by atoms with van der Waals surface area (Å²) < 4.78 is 16.7. The lowest BCUT2D eigenvalue weighted by atomic mass is 10.0. The summed E-state index contributed by atoms with van der Waals surface area (Å²) in [4.78, 5) is 37.8. The zero-order valence-electron chi connectivity index (χ0n) is 44.4. The van der Waals surface area contributed by atoms with E-state index >= 15 is 0 Å². The van der Waals surface area contributed by atoms with Crippen LogP contribution in [0.1, 0.15) is 290 Å². The molecule has 67 heavy (non-hydrogen) atoms. The van der Waals surface area contributed by atoms with Crippen LogP contribution in [0.15, 0.2) is 60.8 Å². The van der Waals surface area contributed by atoms with Crippen molar-refractivity contribution < 1.29 is 28.6 Å². The third-order valence-corrected chi connectivity index (χ3v) is 12.5. The molecule has 0 aromatic heterocycles. The molecule has 0 aromatic rings. The highest BCUT2D eigenvalue weighted by molar-refractivity contribution is 5.71. The number of ether oxygens (including phenoxy) is 3. The van der Waals surface area contributed by atoms with Crippen LogP contribution < -0.4 is 0 Å². The van der Waals surface area contributed by atoms with E-state index in [1.54, 1.807) is 0 Å². The predicted octanol–water partition coefficient (Wildman–Crippen LogP) is 19.2. The minimum Gasteiger partial charge on any atom is -0.462 e. The Morgan fingerprint density at radius 2 is 0.537 bits per heavy atom. The third-order valence-electron chi connectivity index (χ3n) is 12.5. The van der Waals surface area contributed by atoms with Gasteiger partial charge in [-0.3, -0.25) is 14.4 Å². The van der Waals surface area contributed by atoms with Gasteiger partial charge in [-0.2, -0.15) is 0 Å². The minimum absolute atomic E-state index is 0.0795. The summed E-state index contributed by atoms with van der Waals surface area (Å²) in [5.74, 6) is -0.897. The molecular weight excluding hydrogens is 829 g/mol. The van der Waals surface area contributed by atoms with E-state index in [0.29, 0.717) is 19.3 Å². The highest BCUT2D eigenvalue weighted by Gasteiger charge is 2.19. The van der Waals surface area contributed by atoms with Crippen molar-refractivity contribution in [2.45, 2.75) is 297 Å². The maximum atomic E-state index is 12.8. The number of unbranched alkanes of at least 4 members (excludes halogenated alkanes) is 31. The van der Waals surface area contributed by atoms with Crippen molar-refractivity contribution in [1.82, 2.24) is 0 Å². The molecule has 0 saturated carbocycles. The first-order valence-corrected chi connectivity index (χ1v) is 28.8. The SMILES string of the molecule is CCCCCC/C=C\C/C=C\CCCCCCCC(=O)OC(COC(=O)CCCCCCCC)COC(=O)CCCCCCCCCCCCCC/C=C\C/C=C\C/C=C\CCCCCCC. The van der Waals surface area contributed by atoms with Crippen LogP contribution in [0.4, 0.5) is 0 Å². The molecule has 0 N–H and O–H groups in total. The second-order valence-corrected chi connectivity index (χ2v) is 19.2. The normalized spacial score (nSPS) is 12.5. The monoisotopic (exact) mass is 937 g/mol. The van der Waals surface area contributed by atoms with Crippen molar-refractivity contribution in [1.29, 1.82) is 0 Å². The van der Waals surface area contributed by atoms with Crippen LogP contribution in [-0.2, 0) is 28.6 Å². The molecular formula is C61H108O6. The van der Waals surface area contributed by atoms with Gasteiger partial charge in [0.2, 0.25) is 0 Å². The standard InChI is InChI=1S/C61H108O6/c1-4-7-10-13-16-18-20-22-24-26-27-28-29-30-31-32-33-34-35-36-38-39-41-43-45-48-51-54-60(63)66-57-58(56-65-59(62)53-50-47-15-12-9-6-3)67-61(64)55-52-49-46-44-42-40-37-25-23-21-19-17-14-11-8-5-2/h19-22,25-27,29-30,37,58H,4-18,23-24,28,31-36,38-57H2,1-3H3/b21-19-,22-20-,27-26-,30-29-,37-25-. The summed E-state index contributed by atoms with van der Waals surface area (Å²) >= 11 is 0. The van der Waals surface area contributed by atoms with Gasteiger partial charge in [0, 0.05) is 19.3 Å². The van der Waals surface area contributed by atoms with E-state index in [1.165, 1.54) is 154 Å². The topological polar surface area (TPSA) is 78.9 Å². The molecule has 0 spiro atoms. The molecule has 0 saturated heterocycles. The van der Waals surface area contributed by atoms with Gasteiger partial charge in [0.15, 0.2) is 6.10 Å². The van der Waals surface area contributed by atoms with E-state index in [-0.39, 0.29) is 31.1 Å². The van der Waals surface area contributed by atoms with Crippen molar-refractivity contribution in [2.24, 2.45) is 0 Å². The largest absolute Gasteiger partial charge is 0.462 e. The molecule has 0 heterocycles. The fourth-order valence-corrected chi connectivity index (χ4v) is 8.13. The van der Waals surface area contributed by atoms with Gasteiger partial charge < -0.3 is 14.2 Å². The van der Waals surface area contributed by atoms with Crippen LogP contribution in [0.3, 0.4) is 0 Å². The van der Waals surface area contributed by atoms with Gasteiger partial charge in [-0.15, -0.1) is 0 Å². The number of hydrogen-bond donors (Lipinski definition) is 0. The zero-order valence-corrected chi connectivity index (χ0v) is 44.4. The Balaban J connectivity index is 4.10. The van der Waals surface area contributed by atoms with E-state index in [0.717, 1.165) is 96.3 Å². The number of esters is 3. The van der Waals surface area contributed by atoms with E-state index in [9.17, 15) is 14.4 Å². The molecule has 0 bridgehead atoms. The molecule has 1 unspecified atom stereocenters. The average Bonchev–Trinajstić information content (AvgIpc) is 3.33. The number of allylic oxidation sites excluding steroid dienone is 10. The Labute approximate surface area is 415 Å². The van der Waals surface area contributed by atoms with Crippen LogP contribution >= 0.6 is 0 Å². The summed E-state index contributed by atoms with van der Waals surface area (Å²) in [5, 5.41) is 0. The molecule has 6 nitrogen and oxygen atoms in total. The van der Waals surface area contributed by atoms with Crippen LogP contribution in [0, 0.1) is 0 Å². The summed E-state index contributed by atoms with van der Waals surface area (Å²) in [7, 11) is 0. The molecule has 0 radical (unpaired) electrons. The quantitative estimate of drug-likeness (QED) is 0.0262. The Hall–Kier alpha value is -2.89. The summed E-state index contributed by atoms with van der Waals surface area (Å²) in [5.41, 5.74) is 0. The number of carbonyl (C=O) groups is 3. The Morgan fingerprint density at radius 1 is 0.299 bits per heavy atom. The second kappa shape index (κ2) is 55.7. The van der Waals surface area contributed by atoms with Gasteiger partial charge >= 0.3 is 17.9 Å². The van der Waals surface area contributed by atoms with Gasteiger partial charge in [-0.25, -0.2) is 0 Å². The number of carbonyl (C=O) groups excluding carboxylic acids is 3. The first-order valence-electron chi connectivity index (χ1n) is 28.8. The van der Waals surface area contributed by atoms with Crippen LogP contribution in [0.25, 0.3) is 0 Å².